The molecule has 164 valence electrons. The average Bonchev–Trinajstić information content (AvgIpc) is 3.32. The van der Waals surface area contributed by atoms with E-state index in [0.717, 1.165) is 12.8 Å². The van der Waals surface area contributed by atoms with Crippen LogP contribution in [0.2, 0.25) is 0 Å². The number of amides is 1. The third-order valence-corrected chi connectivity index (χ3v) is 5.17. The van der Waals surface area contributed by atoms with Crippen molar-refractivity contribution < 1.29 is 22.7 Å². The molecule has 1 N–H and O–H groups in total. The molecule has 0 spiro atoms. The Morgan fingerprint density at radius 2 is 1.87 bits per heavy atom. The fraction of sp³-hybridized carbons (Fsp3) is 0.381. The van der Waals surface area contributed by atoms with Gasteiger partial charge in [-0.2, -0.15) is 23.4 Å². The van der Waals surface area contributed by atoms with Crippen LogP contribution < -0.4 is 10.1 Å². The Bertz CT molecular complexity index is 1070. The summed E-state index contributed by atoms with van der Waals surface area (Å²) in [6.07, 6.45) is -0.108. The maximum absolute atomic E-state index is 13.3. The molecule has 0 bridgehead atoms. The van der Waals surface area contributed by atoms with Gasteiger partial charge >= 0.3 is 6.18 Å². The lowest BCUT2D eigenvalue weighted by molar-refractivity contribution is -0.142. The number of hydrogen-bond acceptors (Lipinski definition) is 4. The van der Waals surface area contributed by atoms with Gasteiger partial charge in [0.1, 0.15) is 12.4 Å². The molecular formula is C21H22F3N5O2. The van der Waals surface area contributed by atoms with E-state index in [9.17, 15) is 18.0 Å². The predicted molar refractivity (Wildman–Crippen MR) is 107 cm³/mol. The van der Waals surface area contributed by atoms with Gasteiger partial charge in [0.25, 0.3) is 5.91 Å². The largest absolute Gasteiger partial charge is 0.492 e. The summed E-state index contributed by atoms with van der Waals surface area (Å²) in [6.45, 7) is 0.394. The quantitative estimate of drug-likeness (QED) is 0.641. The minimum atomic E-state index is -4.45. The van der Waals surface area contributed by atoms with Crippen molar-refractivity contribution in [3.63, 3.8) is 0 Å². The molecule has 1 amide bonds. The van der Waals surface area contributed by atoms with E-state index in [2.05, 4.69) is 15.5 Å². The van der Waals surface area contributed by atoms with Gasteiger partial charge in [0.05, 0.1) is 6.54 Å². The number of aryl methyl sites for hydroxylation is 1. The van der Waals surface area contributed by atoms with Crippen LogP contribution in [0.25, 0.3) is 0 Å². The third kappa shape index (κ3) is 4.73. The Hall–Kier alpha value is -3.30. The van der Waals surface area contributed by atoms with Gasteiger partial charge in [-0.25, -0.2) is 0 Å². The van der Waals surface area contributed by atoms with E-state index in [1.807, 2.05) is 0 Å². The van der Waals surface area contributed by atoms with Crippen molar-refractivity contribution >= 4 is 11.7 Å². The van der Waals surface area contributed by atoms with Gasteiger partial charge in [0, 0.05) is 36.1 Å². The molecule has 1 aliphatic rings. The number of aromatic nitrogens is 4. The first-order chi connectivity index (χ1) is 14.8. The highest BCUT2D eigenvalue weighted by Crippen LogP contribution is 2.35. The number of nitrogens with one attached hydrogen (secondary N) is 1. The zero-order valence-corrected chi connectivity index (χ0v) is 16.9. The van der Waals surface area contributed by atoms with Crippen molar-refractivity contribution in [3.8, 4) is 5.75 Å². The first kappa shape index (κ1) is 21.0. The van der Waals surface area contributed by atoms with Gasteiger partial charge in [-0.05, 0) is 49.9 Å². The molecule has 0 saturated heterocycles. The molecule has 0 saturated carbocycles. The lowest BCUT2D eigenvalue weighted by Crippen LogP contribution is -2.15. The van der Waals surface area contributed by atoms with Crippen LogP contribution in [0.3, 0.4) is 0 Å². The molecule has 0 aliphatic heterocycles. The number of hydrogen-bond donors (Lipinski definition) is 1. The molecule has 10 heteroatoms. The van der Waals surface area contributed by atoms with Crippen LogP contribution in [-0.4, -0.2) is 32.1 Å². The minimum Gasteiger partial charge on any atom is -0.492 e. The van der Waals surface area contributed by atoms with Gasteiger partial charge in [0.2, 0.25) is 0 Å². The van der Waals surface area contributed by atoms with E-state index < -0.39 is 11.9 Å². The van der Waals surface area contributed by atoms with Crippen LogP contribution in [0.4, 0.5) is 19.0 Å². The number of anilines is 1. The second-order valence-corrected chi connectivity index (χ2v) is 7.40. The maximum atomic E-state index is 13.3. The van der Waals surface area contributed by atoms with Gasteiger partial charge < -0.3 is 10.1 Å². The standard InChI is InChI=1S/C21H22F3N5O2/c1-28-11-10-18(26-28)25-20(30)14-6-8-15(9-7-14)31-13-12-29-17-5-3-2-4-16(17)19(27-29)21(22,23)24/h6-11H,2-5,12-13H2,1H3,(H,25,26,30). The van der Waals surface area contributed by atoms with Crippen LogP contribution in [0.1, 0.15) is 40.2 Å². The first-order valence-electron chi connectivity index (χ1n) is 10.0. The van der Waals surface area contributed by atoms with Gasteiger partial charge in [0.15, 0.2) is 11.5 Å². The van der Waals surface area contributed by atoms with E-state index in [1.54, 1.807) is 48.3 Å². The van der Waals surface area contributed by atoms with E-state index in [0.29, 0.717) is 41.2 Å². The average molecular weight is 433 g/mol. The van der Waals surface area contributed by atoms with E-state index >= 15 is 0 Å². The summed E-state index contributed by atoms with van der Waals surface area (Å²) in [4.78, 5) is 12.2. The molecule has 0 unspecified atom stereocenters. The summed E-state index contributed by atoms with van der Waals surface area (Å²) in [5.41, 5.74) is 0.644. The van der Waals surface area contributed by atoms with Crippen molar-refractivity contribution in [1.29, 1.82) is 0 Å². The highest BCUT2D eigenvalue weighted by molar-refractivity contribution is 6.03. The third-order valence-electron chi connectivity index (χ3n) is 5.17. The molecule has 7 nitrogen and oxygen atoms in total. The summed E-state index contributed by atoms with van der Waals surface area (Å²) in [6, 6.07) is 8.21. The Morgan fingerprint density at radius 3 is 2.55 bits per heavy atom. The van der Waals surface area contributed by atoms with E-state index in [-0.39, 0.29) is 19.1 Å². The fourth-order valence-corrected chi connectivity index (χ4v) is 3.71. The SMILES string of the molecule is Cn1ccc(NC(=O)c2ccc(OCCn3nc(C(F)(F)F)c4c3CCCC4)cc2)n1. The molecule has 3 aromatic rings. The molecule has 0 atom stereocenters. The van der Waals surface area contributed by atoms with Crippen molar-refractivity contribution in [2.75, 3.05) is 11.9 Å². The Labute approximate surface area is 176 Å². The summed E-state index contributed by atoms with van der Waals surface area (Å²) in [5, 5.41) is 10.6. The van der Waals surface area contributed by atoms with E-state index in [4.69, 9.17) is 4.74 Å². The molecule has 2 aromatic heterocycles. The van der Waals surface area contributed by atoms with Crippen molar-refractivity contribution in [1.82, 2.24) is 19.6 Å². The molecular weight excluding hydrogens is 411 g/mol. The molecule has 1 aliphatic carbocycles. The summed E-state index contributed by atoms with van der Waals surface area (Å²) >= 11 is 0. The number of ether oxygens (including phenoxy) is 1. The number of rotatable bonds is 6. The van der Waals surface area contributed by atoms with Gasteiger partial charge in [-0.1, -0.05) is 0 Å². The monoisotopic (exact) mass is 433 g/mol. The Morgan fingerprint density at radius 1 is 1.13 bits per heavy atom. The topological polar surface area (TPSA) is 74.0 Å². The van der Waals surface area contributed by atoms with Crippen LogP contribution in [0, 0.1) is 0 Å². The lowest BCUT2D eigenvalue weighted by atomic mass is 9.95. The fourth-order valence-electron chi connectivity index (χ4n) is 3.71. The van der Waals surface area contributed by atoms with Crippen LogP contribution in [0.5, 0.6) is 5.75 Å². The minimum absolute atomic E-state index is 0.172. The van der Waals surface area contributed by atoms with Crippen molar-refractivity contribution in [2.24, 2.45) is 7.05 Å². The molecule has 0 fully saturated rings. The molecule has 31 heavy (non-hydrogen) atoms. The van der Waals surface area contributed by atoms with Gasteiger partial charge in [-0.3, -0.25) is 14.2 Å². The van der Waals surface area contributed by atoms with Crippen molar-refractivity contribution in [2.45, 2.75) is 38.4 Å². The Balaban J connectivity index is 1.36. The normalized spacial score (nSPS) is 13.7. The summed E-state index contributed by atoms with van der Waals surface area (Å²) in [5.74, 6) is 0.674. The van der Waals surface area contributed by atoms with Crippen molar-refractivity contribution in [3.05, 3.63) is 59.0 Å². The van der Waals surface area contributed by atoms with Crippen LogP contribution in [0.15, 0.2) is 36.5 Å². The number of halogens is 3. The number of alkyl halides is 3. The summed E-state index contributed by atoms with van der Waals surface area (Å²) in [7, 11) is 1.75. The summed E-state index contributed by atoms with van der Waals surface area (Å²) < 4.78 is 48.5. The second-order valence-electron chi connectivity index (χ2n) is 7.40. The number of carbonyl (C=O) groups is 1. The number of carbonyl (C=O) groups excluding carboxylic acids is 1. The number of fused-ring (bicyclic) bond motifs is 1. The lowest BCUT2D eigenvalue weighted by Gasteiger charge is -2.15. The second kappa shape index (κ2) is 8.44. The van der Waals surface area contributed by atoms with Crippen LogP contribution in [-0.2, 0) is 32.6 Å². The zero-order chi connectivity index (χ0) is 22.0. The molecule has 4 rings (SSSR count). The smallest absolute Gasteiger partial charge is 0.435 e. The molecule has 1 aromatic carbocycles. The zero-order valence-electron chi connectivity index (χ0n) is 16.9. The highest BCUT2D eigenvalue weighted by atomic mass is 19.4. The first-order valence-corrected chi connectivity index (χ1v) is 10.0. The maximum Gasteiger partial charge on any atom is 0.435 e. The highest BCUT2D eigenvalue weighted by Gasteiger charge is 2.39. The van der Waals surface area contributed by atoms with Crippen LogP contribution >= 0.6 is 0 Å². The predicted octanol–water partition coefficient (Wildman–Crippen LogP) is 3.85. The number of benzene rings is 1. The van der Waals surface area contributed by atoms with Gasteiger partial charge in [-0.15, -0.1) is 0 Å². The van der Waals surface area contributed by atoms with E-state index in [1.165, 1.54) is 4.68 Å². The molecule has 0 radical (unpaired) electrons. The number of nitrogens with zero attached hydrogens (tertiary/aromatic N) is 4. The molecule has 2 heterocycles. The Kier molecular flexibility index (Phi) is 5.71.